The fourth-order valence-electron chi connectivity index (χ4n) is 4.08. The lowest BCUT2D eigenvalue weighted by Gasteiger charge is -2.34. The highest BCUT2D eigenvalue weighted by Crippen LogP contribution is 2.45. The number of nitrogens with zero attached hydrogens (tertiary/aromatic N) is 2. The molecule has 0 fully saturated rings. The Morgan fingerprint density at radius 3 is 2.56 bits per heavy atom. The maximum Gasteiger partial charge on any atom is 0.410 e. The van der Waals surface area contributed by atoms with Gasteiger partial charge in [-0.2, -0.15) is 18.3 Å². The van der Waals surface area contributed by atoms with Gasteiger partial charge in [-0.3, -0.25) is 4.79 Å². The fraction of sp³-hybridized carbons (Fsp3) is 0.333. The highest BCUT2D eigenvalue weighted by molar-refractivity contribution is 5.98. The monoisotopic (exact) mass is 474 g/mol. The van der Waals surface area contributed by atoms with Gasteiger partial charge in [0.25, 0.3) is 5.91 Å². The maximum atomic E-state index is 13.9. The second-order valence-electron chi connectivity index (χ2n) is 7.95. The van der Waals surface area contributed by atoms with E-state index in [0.717, 1.165) is 10.2 Å². The molecule has 1 amide bonds. The van der Waals surface area contributed by atoms with E-state index in [1.165, 1.54) is 20.4 Å². The number of ether oxygens (including phenoxy) is 2. The number of hydrogen-bond acceptors (Lipinski definition) is 5. The molecule has 10 heteroatoms. The third-order valence-electron chi connectivity index (χ3n) is 5.84. The molecular formula is C24H25F3N4O3. The summed E-state index contributed by atoms with van der Waals surface area (Å²) in [6.07, 6.45) is -3.06. The molecule has 4 rings (SSSR count). The Kier molecular flexibility index (Phi) is 6.67. The third kappa shape index (κ3) is 4.80. The number of rotatable bonds is 7. The van der Waals surface area contributed by atoms with Crippen LogP contribution in [0, 0.1) is 0 Å². The van der Waals surface area contributed by atoms with Crippen molar-refractivity contribution in [1.82, 2.24) is 15.1 Å². The number of fused-ring (bicyclic) bond motifs is 1. The van der Waals surface area contributed by atoms with E-state index in [1.54, 1.807) is 18.2 Å². The van der Waals surface area contributed by atoms with Crippen molar-refractivity contribution in [2.75, 3.05) is 26.1 Å². The molecule has 180 valence electrons. The maximum absolute atomic E-state index is 13.9. The standard InChI is InChI=1S/C24H25F3N4O3/c1-33-19-9-8-16(12-20(19)34-2)18-13-21(24(25,26)27)31-22(30-18)17(14-29-31)23(32)28-11-10-15-6-4-3-5-7-15/h3-9,12,14,18,21,30H,10-11,13H2,1-2H3,(H,28,32)/t18-,21+/m0/s1. The van der Waals surface area contributed by atoms with Gasteiger partial charge in [0.1, 0.15) is 11.4 Å². The second kappa shape index (κ2) is 9.66. The molecule has 3 aromatic rings. The zero-order valence-corrected chi connectivity index (χ0v) is 18.7. The van der Waals surface area contributed by atoms with E-state index in [9.17, 15) is 18.0 Å². The number of alkyl halides is 3. The lowest BCUT2D eigenvalue weighted by molar-refractivity contribution is -0.173. The third-order valence-corrected chi connectivity index (χ3v) is 5.84. The van der Waals surface area contributed by atoms with E-state index in [2.05, 4.69) is 15.7 Å². The molecule has 1 aliphatic heterocycles. The van der Waals surface area contributed by atoms with Gasteiger partial charge in [-0.25, -0.2) is 4.68 Å². The van der Waals surface area contributed by atoms with Gasteiger partial charge >= 0.3 is 6.18 Å². The van der Waals surface area contributed by atoms with Crippen LogP contribution in [-0.4, -0.2) is 42.6 Å². The van der Waals surface area contributed by atoms with Gasteiger partial charge in [0, 0.05) is 13.0 Å². The van der Waals surface area contributed by atoms with Crippen LogP contribution in [0.5, 0.6) is 11.5 Å². The molecule has 0 saturated heterocycles. The molecule has 7 nitrogen and oxygen atoms in total. The summed E-state index contributed by atoms with van der Waals surface area (Å²) in [6.45, 7) is 0.343. The summed E-state index contributed by atoms with van der Waals surface area (Å²) in [5.41, 5.74) is 1.69. The molecule has 0 saturated carbocycles. The van der Waals surface area contributed by atoms with Crippen molar-refractivity contribution in [1.29, 1.82) is 0 Å². The van der Waals surface area contributed by atoms with Crippen LogP contribution in [0.3, 0.4) is 0 Å². The molecule has 2 aromatic carbocycles. The highest BCUT2D eigenvalue weighted by Gasteiger charge is 2.47. The average molecular weight is 474 g/mol. The Morgan fingerprint density at radius 1 is 1.15 bits per heavy atom. The van der Waals surface area contributed by atoms with Crippen LogP contribution in [0.25, 0.3) is 0 Å². The van der Waals surface area contributed by atoms with Gasteiger partial charge in [0.05, 0.1) is 26.5 Å². The number of amides is 1. The largest absolute Gasteiger partial charge is 0.493 e. The summed E-state index contributed by atoms with van der Waals surface area (Å²) in [6, 6.07) is 11.9. The summed E-state index contributed by atoms with van der Waals surface area (Å²) in [7, 11) is 2.94. The Labute approximate surface area is 194 Å². The molecule has 2 atom stereocenters. The Bertz CT molecular complexity index is 1150. The van der Waals surface area contributed by atoms with E-state index >= 15 is 0 Å². The van der Waals surface area contributed by atoms with Crippen molar-refractivity contribution in [3.05, 3.63) is 71.4 Å². The molecular weight excluding hydrogens is 449 g/mol. The summed E-state index contributed by atoms with van der Waals surface area (Å²) < 4.78 is 53.2. The predicted octanol–water partition coefficient (Wildman–Crippen LogP) is 4.53. The van der Waals surface area contributed by atoms with E-state index in [1.807, 2.05) is 30.3 Å². The fourth-order valence-corrected chi connectivity index (χ4v) is 4.08. The average Bonchev–Trinajstić information content (AvgIpc) is 3.27. The number of hydrogen-bond donors (Lipinski definition) is 2. The van der Waals surface area contributed by atoms with Crippen molar-refractivity contribution in [3.8, 4) is 11.5 Å². The predicted molar refractivity (Wildman–Crippen MR) is 120 cm³/mol. The van der Waals surface area contributed by atoms with E-state index in [4.69, 9.17) is 9.47 Å². The molecule has 1 aliphatic rings. The smallest absolute Gasteiger partial charge is 0.410 e. The summed E-state index contributed by atoms with van der Waals surface area (Å²) in [5, 5.41) is 9.77. The van der Waals surface area contributed by atoms with Gasteiger partial charge in [-0.05, 0) is 29.7 Å². The number of methoxy groups -OCH3 is 2. The van der Waals surface area contributed by atoms with E-state index in [0.29, 0.717) is 30.0 Å². The minimum atomic E-state index is -4.54. The van der Waals surface area contributed by atoms with Crippen molar-refractivity contribution in [2.24, 2.45) is 0 Å². The lowest BCUT2D eigenvalue weighted by Crippen LogP contribution is -2.36. The first-order valence-corrected chi connectivity index (χ1v) is 10.8. The number of aromatic nitrogens is 2. The first-order chi connectivity index (χ1) is 16.3. The Balaban J connectivity index is 1.59. The molecule has 2 N–H and O–H groups in total. The van der Waals surface area contributed by atoms with Crippen LogP contribution in [0.15, 0.2) is 54.7 Å². The van der Waals surface area contributed by atoms with Crippen LogP contribution in [0.1, 0.15) is 40.0 Å². The number of nitrogens with one attached hydrogen (secondary N) is 2. The Hall–Kier alpha value is -3.69. The van der Waals surface area contributed by atoms with Gasteiger partial charge < -0.3 is 20.1 Å². The number of benzene rings is 2. The van der Waals surface area contributed by atoms with Crippen LogP contribution < -0.4 is 20.1 Å². The molecule has 0 bridgehead atoms. The quantitative estimate of drug-likeness (QED) is 0.526. The van der Waals surface area contributed by atoms with Crippen LogP contribution in [-0.2, 0) is 6.42 Å². The van der Waals surface area contributed by atoms with Crippen molar-refractivity contribution in [2.45, 2.75) is 31.1 Å². The zero-order chi connectivity index (χ0) is 24.3. The number of anilines is 1. The second-order valence-corrected chi connectivity index (χ2v) is 7.95. The first kappa shape index (κ1) is 23.5. The first-order valence-electron chi connectivity index (χ1n) is 10.8. The number of carbonyl (C=O) groups is 1. The molecule has 0 unspecified atom stereocenters. The highest BCUT2D eigenvalue weighted by atomic mass is 19.4. The van der Waals surface area contributed by atoms with Gasteiger partial charge in [0.2, 0.25) is 0 Å². The number of halogens is 3. The molecule has 2 heterocycles. The van der Waals surface area contributed by atoms with Crippen LogP contribution in [0.4, 0.5) is 19.0 Å². The SMILES string of the molecule is COc1ccc([C@@H]2C[C@H](C(F)(F)F)n3ncc(C(=O)NCCc4ccccc4)c3N2)cc1OC. The zero-order valence-electron chi connectivity index (χ0n) is 18.7. The molecule has 34 heavy (non-hydrogen) atoms. The molecule has 0 aliphatic carbocycles. The van der Waals surface area contributed by atoms with Gasteiger partial charge in [-0.15, -0.1) is 0 Å². The topological polar surface area (TPSA) is 77.4 Å². The van der Waals surface area contributed by atoms with Crippen LogP contribution >= 0.6 is 0 Å². The number of carbonyl (C=O) groups excluding carboxylic acids is 1. The van der Waals surface area contributed by atoms with Gasteiger partial charge in [0.15, 0.2) is 17.5 Å². The Morgan fingerprint density at radius 2 is 1.88 bits per heavy atom. The van der Waals surface area contributed by atoms with Gasteiger partial charge in [-0.1, -0.05) is 36.4 Å². The summed E-state index contributed by atoms with van der Waals surface area (Å²) >= 11 is 0. The normalized spacial score (nSPS) is 17.4. The summed E-state index contributed by atoms with van der Waals surface area (Å²) in [5.74, 6) is 0.422. The lowest BCUT2D eigenvalue weighted by atomic mass is 9.96. The van der Waals surface area contributed by atoms with Crippen molar-refractivity contribution >= 4 is 11.7 Å². The minimum absolute atomic E-state index is 0.0329. The summed E-state index contributed by atoms with van der Waals surface area (Å²) in [4.78, 5) is 12.8. The molecule has 0 radical (unpaired) electrons. The van der Waals surface area contributed by atoms with Crippen molar-refractivity contribution in [3.63, 3.8) is 0 Å². The van der Waals surface area contributed by atoms with Crippen molar-refractivity contribution < 1.29 is 27.4 Å². The molecule has 1 aromatic heterocycles. The van der Waals surface area contributed by atoms with E-state index < -0.39 is 24.2 Å². The van der Waals surface area contributed by atoms with E-state index in [-0.39, 0.29) is 17.8 Å². The minimum Gasteiger partial charge on any atom is -0.493 e. The van der Waals surface area contributed by atoms with Crippen LogP contribution in [0.2, 0.25) is 0 Å². The molecule has 0 spiro atoms.